The molecule has 0 aromatic rings. The van der Waals surface area contributed by atoms with Crippen molar-refractivity contribution in [3.8, 4) is 0 Å². The van der Waals surface area contributed by atoms with E-state index in [1.807, 2.05) is 25.2 Å². The zero-order valence-electron chi connectivity index (χ0n) is 10.7. The summed E-state index contributed by atoms with van der Waals surface area (Å²) in [6.07, 6.45) is 10.5. The summed E-state index contributed by atoms with van der Waals surface area (Å²) >= 11 is 0. The Kier molecular flexibility index (Phi) is 3.06. The van der Waals surface area contributed by atoms with Gasteiger partial charge in [-0.2, -0.15) is 0 Å². The van der Waals surface area contributed by atoms with Crippen molar-refractivity contribution >= 4 is 0 Å². The van der Waals surface area contributed by atoms with Crippen molar-refractivity contribution in [1.29, 1.82) is 0 Å². The van der Waals surface area contributed by atoms with Crippen LogP contribution in [0, 0.1) is 0 Å². The number of aliphatic hydroxyl groups excluding tert-OH is 1. The minimum absolute atomic E-state index is 0.131. The van der Waals surface area contributed by atoms with Crippen LogP contribution in [0.25, 0.3) is 0 Å². The highest BCUT2D eigenvalue weighted by atomic mass is 16.8. The van der Waals surface area contributed by atoms with Crippen molar-refractivity contribution in [2.45, 2.75) is 56.4 Å². The Hall–Kier alpha value is -0.680. The summed E-state index contributed by atoms with van der Waals surface area (Å²) in [5.74, 6) is -1.34. The van der Waals surface area contributed by atoms with Crippen molar-refractivity contribution in [2.24, 2.45) is 0 Å². The molecule has 4 nitrogen and oxygen atoms in total. The highest BCUT2D eigenvalue weighted by molar-refractivity contribution is 5.16. The van der Waals surface area contributed by atoms with Crippen LogP contribution in [-0.4, -0.2) is 35.5 Å². The van der Waals surface area contributed by atoms with Gasteiger partial charge < -0.3 is 19.3 Å². The molecule has 3 heterocycles. The first-order valence-electron chi connectivity index (χ1n) is 6.72. The largest absolute Gasteiger partial charge is 0.390 e. The lowest BCUT2D eigenvalue weighted by Crippen LogP contribution is -2.41. The lowest BCUT2D eigenvalue weighted by Gasteiger charge is -2.34. The Morgan fingerprint density at radius 1 is 1.33 bits per heavy atom. The van der Waals surface area contributed by atoms with E-state index in [0.29, 0.717) is 13.0 Å². The molecule has 0 saturated carbocycles. The molecular formula is C14H20O4. The van der Waals surface area contributed by atoms with E-state index in [1.165, 1.54) is 0 Å². The van der Waals surface area contributed by atoms with Crippen LogP contribution >= 0.6 is 0 Å². The topological polar surface area (TPSA) is 47.9 Å². The van der Waals surface area contributed by atoms with E-state index >= 15 is 0 Å². The van der Waals surface area contributed by atoms with Gasteiger partial charge in [0, 0.05) is 12.8 Å². The fourth-order valence-corrected chi connectivity index (χ4v) is 2.81. The van der Waals surface area contributed by atoms with Gasteiger partial charge >= 0.3 is 0 Å². The Morgan fingerprint density at radius 2 is 2.17 bits per heavy atom. The van der Waals surface area contributed by atoms with Crippen molar-refractivity contribution in [2.75, 3.05) is 6.61 Å². The Morgan fingerprint density at radius 3 is 2.89 bits per heavy atom. The summed E-state index contributed by atoms with van der Waals surface area (Å²) < 4.78 is 17.7. The van der Waals surface area contributed by atoms with Gasteiger partial charge in [-0.05, 0) is 25.0 Å². The van der Waals surface area contributed by atoms with Crippen LogP contribution in [-0.2, 0) is 14.2 Å². The lowest BCUT2D eigenvalue weighted by atomic mass is 10.1. The maximum absolute atomic E-state index is 9.86. The average Bonchev–Trinajstić information content (AvgIpc) is 2.96. The molecular weight excluding hydrogens is 232 g/mol. The fourth-order valence-electron chi connectivity index (χ4n) is 2.81. The first-order valence-corrected chi connectivity index (χ1v) is 6.72. The van der Waals surface area contributed by atoms with E-state index in [0.717, 1.165) is 19.3 Å². The Balaban J connectivity index is 1.69. The average molecular weight is 252 g/mol. The molecule has 0 aromatic heterocycles. The summed E-state index contributed by atoms with van der Waals surface area (Å²) in [6.45, 7) is 2.53. The third-order valence-electron chi connectivity index (χ3n) is 3.91. The highest BCUT2D eigenvalue weighted by Crippen LogP contribution is 2.44. The van der Waals surface area contributed by atoms with Gasteiger partial charge in [0.25, 0.3) is 0 Å². The molecule has 2 spiro atoms. The van der Waals surface area contributed by atoms with Gasteiger partial charge in [0.2, 0.25) is 0 Å². The molecule has 1 fully saturated rings. The Bertz CT molecular complexity index is 378. The first-order chi connectivity index (χ1) is 8.67. The van der Waals surface area contributed by atoms with E-state index in [2.05, 4.69) is 6.08 Å². The van der Waals surface area contributed by atoms with Crippen LogP contribution in [0.3, 0.4) is 0 Å². The van der Waals surface area contributed by atoms with Gasteiger partial charge in [-0.1, -0.05) is 19.1 Å². The maximum Gasteiger partial charge on any atom is 0.195 e. The molecule has 4 heteroatoms. The zero-order chi connectivity index (χ0) is 12.6. The predicted molar refractivity (Wildman–Crippen MR) is 65.8 cm³/mol. The summed E-state index contributed by atoms with van der Waals surface area (Å²) in [7, 11) is 0. The summed E-state index contributed by atoms with van der Waals surface area (Å²) in [4.78, 5) is 0. The Labute approximate surface area is 107 Å². The second-order valence-electron chi connectivity index (χ2n) is 5.22. The molecule has 2 unspecified atom stereocenters. The standard InChI is InChI=1S/C14H20O4/c1-2-11(15)12-5-7-14(17-12)9-8-13(18-14)6-3-4-10-16-13/h3-4,8-9,11-12,15H,2,5-7,10H2,1H3/t11-,12-,13?,14?/m1/s1. The third-order valence-corrected chi connectivity index (χ3v) is 3.91. The normalized spacial score (nSPS) is 44.2. The molecule has 1 saturated heterocycles. The van der Waals surface area contributed by atoms with Gasteiger partial charge in [-0.15, -0.1) is 0 Å². The van der Waals surface area contributed by atoms with Gasteiger partial charge in [0.15, 0.2) is 11.6 Å². The van der Waals surface area contributed by atoms with Gasteiger partial charge in [0.05, 0.1) is 18.8 Å². The summed E-state index contributed by atoms with van der Waals surface area (Å²) in [5, 5.41) is 9.86. The van der Waals surface area contributed by atoms with E-state index in [4.69, 9.17) is 14.2 Å². The summed E-state index contributed by atoms with van der Waals surface area (Å²) in [5.41, 5.74) is 0. The number of rotatable bonds is 2. The molecule has 1 N–H and O–H groups in total. The number of hydrogen-bond acceptors (Lipinski definition) is 4. The quantitative estimate of drug-likeness (QED) is 0.762. The number of aliphatic hydroxyl groups is 1. The monoisotopic (exact) mass is 252 g/mol. The third kappa shape index (κ3) is 2.03. The lowest BCUT2D eigenvalue weighted by molar-refractivity contribution is -0.303. The number of hydrogen-bond donors (Lipinski definition) is 1. The van der Waals surface area contributed by atoms with Crippen molar-refractivity contribution < 1.29 is 19.3 Å². The van der Waals surface area contributed by atoms with E-state index in [9.17, 15) is 5.11 Å². The fraction of sp³-hybridized carbons (Fsp3) is 0.714. The summed E-state index contributed by atoms with van der Waals surface area (Å²) in [6, 6.07) is 0. The molecule has 0 aromatic carbocycles. The molecule has 3 aliphatic rings. The van der Waals surface area contributed by atoms with Crippen molar-refractivity contribution in [3.05, 3.63) is 24.3 Å². The maximum atomic E-state index is 9.86. The van der Waals surface area contributed by atoms with E-state index in [1.54, 1.807) is 0 Å². The molecule has 4 atom stereocenters. The molecule has 3 rings (SSSR count). The minimum atomic E-state index is -0.688. The molecule has 100 valence electrons. The van der Waals surface area contributed by atoms with E-state index < -0.39 is 17.7 Å². The second-order valence-corrected chi connectivity index (χ2v) is 5.22. The smallest absolute Gasteiger partial charge is 0.195 e. The van der Waals surface area contributed by atoms with Gasteiger partial charge in [0.1, 0.15) is 0 Å². The molecule has 3 aliphatic heterocycles. The SMILES string of the molecule is CC[C@@H](O)[C@H]1CCC2(C=CC3(CC=CCO3)O2)O1. The van der Waals surface area contributed by atoms with Crippen LogP contribution in [0.2, 0.25) is 0 Å². The second kappa shape index (κ2) is 4.46. The van der Waals surface area contributed by atoms with Crippen LogP contribution in [0.4, 0.5) is 0 Å². The number of ether oxygens (including phenoxy) is 3. The van der Waals surface area contributed by atoms with Gasteiger partial charge in [-0.3, -0.25) is 0 Å². The molecule has 0 bridgehead atoms. The highest BCUT2D eigenvalue weighted by Gasteiger charge is 2.51. The zero-order valence-corrected chi connectivity index (χ0v) is 10.7. The predicted octanol–water partition coefficient (Wildman–Crippen LogP) is 1.89. The minimum Gasteiger partial charge on any atom is -0.390 e. The van der Waals surface area contributed by atoms with Crippen LogP contribution < -0.4 is 0 Å². The first kappa shape index (κ1) is 12.4. The van der Waals surface area contributed by atoms with E-state index in [-0.39, 0.29) is 6.10 Å². The van der Waals surface area contributed by atoms with Crippen LogP contribution in [0.1, 0.15) is 32.6 Å². The van der Waals surface area contributed by atoms with Gasteiger partial charge in [-0.25, -0.2) is 0 Å². The molecule has 0 amide bonds. The van der Waals surface area contributed by atoms with Crippen molar-refractivity contribution in [1.82, 2.24) is 0 Å². The molecule has 18 heavy (non-hydrogen) atoms. The van der Waals surface area contributed by atoms with Crippen LogP contribution in [0.5, 0.6) is 0 Å². The molecule has 0 aliphatic carbocycles. The van der Waals surface area contributed by atoms with Crippen molar-refractivity contribution in [3.63, 3.8) is 0 Å². The van der Waals surface area contributed by atoms with Crippen LogP contribution in [0.15, 0.2) is 24.3 Å². The molecule has 0 radical (unpaired) electrons.